The Labute approximate surface area is 95.8 Å². The fourth-order valence-electron chi connectivity index (χ4n) is 1.21. The molecule has 0 saturated carbocycles. The summed E-state index contributed by atoms with van der Waals surface area (Å²) in [7, 11) is 1.73. The van der Waals surface area contributed by atoms with Gasteiger partial charge in [0.05, 0.1) is 0 Å². The van der Waals surface area contributed by atoms with Crippen molar-refractivity contribution in [3.63, 3.8) is 0 Å². The number of benzene rings is 1. The first-order chi connectivity index (χ1) is 7.68. The van der Waals surface area contributed by atoms with Crippen molar-refractivity contribution in [2.75, 3.05) is 5.73 Å². The first kappa shape index (κ1) is 10.9. The van der Waals surface area contributed by atoms with Crippen LogP contribution < -0.4 is 5.73 Å². The SMILES string of the molecule is Cn1nnnc1SCc1c(N)cccc1F. The van der Waals surface area contributed by atoms with Gasteiger partial charge in [0.2, 0.25) is 5.16 Å². The number of tetrazole rings is 1. The second-order valence-electron chi connectivity index (χ2n) is 3.18. The number of rotatable bonds is 3. The van der Waals surface area contributed by atoms with Crippen LogP contribution in [0.15, 0.2) is 23.4 Å². The summed E-state index contributed by atoms with van der Waals surface area (Å²) in [5.41, 5.74) is 6.62. The van der Waals surface area contributed by atoms with Crippen molar-refractivity contribution in [3.05, 3.63) is 29.6 Å². The number of anilines is 1. The number of hydrogen-bond donors (Lipinski definition) is 1. The van der Waals surface area contributed by atoms with Gasteiger partial charge in [0.1, 0.15) is 5.82 Å². The lowest BCUT2D eigenvalue weighted by Gasteiger charge is -2.05. The van der Waals surface area contributed by atoms with E-state index in [2.05, 4.69) is 15.5 Å². The van der Waals surface area contributed by atoms with Crippen LogP contribution in [-0.4, -0.2) is 20.2 Å². The van der Waals surface area contributed by atoms with E-state index in [4.69, 9.17) is 5.73 Å². The molecule has 0 fully saturated rings. The Bertz CT molecular complexity index is 478. The van der Waals surface area contributed by atoms with Crippen LogP contribution in [0.1, 0.15) is 5.56 Å². The Kier molecular flexibility index (Phi) is 3.04. The number of thioether (sulfide) groups is 1. The predicted molar refractivity (Wildman–Crippen MR) is 59.2 cm³/mol. The highest BCUT2D eigenvalue weighted by Gasteiger charge is 2.09. The predicted octanol–water partition coefficient (Wildman–Crippen LogP) is 1.22. The molecule has 1 heterocycles. The third-order valence-corrected chi connectivity index (χ3v) is 3.12. The molecule has 2 aromatic rings. The van der Waals surface area contributed by atoms with Crippen molar-refractivity contribution < 1.29 is 4.39 Å². The molecule has 0 bridgehead atoms. The lowest BCUT2D eigenvalue weighted by atomic mass is 10.2. The van der Waals surface area contributed by atoms with Crippen LogP contribution >= 0.6 is 11.8 Å². The van der Waals surface area contributed by atoms with Gasteiger partial charge in [-0.05, 0) is 22.6 Å². The van der Waals surface area contributed by atoms with Crippen LogP contribution in [0, 0.1) is 5.82 Å². The summed E-state index contributed by atoms with van der Waals surface area (Å²) in [6.45, 7) is 0. The number of hydrogen-bond acceptors (Lipinski definition) is 5. The Morgan fingerprint density at radius 2 is 2.31 bits per heavy atom. The van der Waals surface area contributed by atoms with Gasteiger partial charge in [-0.1, -0.05) is 17.8 Å². The van der Waals surface area contributed by atoms with Crippen LogP contribution in [0.25, 0.3) is 0 Å². The number of nitrogen functional groups attached to an aromatic ring is 1. The monoisotopic (exact) mass is 239 g/mol. The van der Waals surface area contributed by atoms with Gasteiger partial charge in [0.15, 0.2) is 0 Å². The van der Waals surface area contributed by atoms with E-state index in [9.17, 15) is 4.39 Å². The maximum atomic E-state index is 13.4. The molecule has 0 aliphatic rings. The van der Waals surface area contributed by atoms with E-state index in [1.54, 1.807) is 19.2 Å². The normalized spacial score (nSPS) is 10.6. The molecule has 7 heteroatoms. The molecule has 0 amide bonds. The maximum Gasteiger partial charge on any atom is 0.209 e. The lowest BCUT2D eigenvalue weighted by molar-refractivity contribution is 0.618. The standard InChI is InChI=1S/C9H10FN5S/c1-15-9(12-13-14-15)16-5-6-7(10)3-2-4-8(6)11/h2-4H,5,11H2,1H3. The fourth-order valence-corrected chi connectivity index (χ4v) is 2.10. The van der Waals surface area contributed by atoms with Gasteiger partial charge in [-0.15, -0.1) is 5.10 Å². The lowest BCUT2D eigenvalue weighted by Crippen LogP contribution is -1.98. The molecule has 2 rings (SSSR count). The molecule has 0 aliphatic heterocycles. The van der Waals surface area contributed by atoms with Crippen LogP contribution in [0.5, 0.6) is 0 Å². The molecular weight excluding hydrogens is 229 g/mol. The van der Waals surface area contributed by atoms with Gasteiger partial charge in [0, 0.05) is 24.1 Å². The highest BCUT2D eigenvalue weighted by Crippen LogP contribution is 2.25. The Morgan fingerprint density at radius 3 is 2.94 bits per heavy atom. The summed E-state index contributed by atoms with van der Waals surface area (Å²) < 4.78 is 15.0. The van der Waals surface area contributed by atoms with Crippen molar-refractivity contribution in [2.24, 2.45) is 7.05 Å². The minimum absolute atomic E-state index is 0.303. The molecule has 0 atom stereocenters. The summed E-state index contributed by atoms with van der Waals surface area (Å²) in [5.74, 6) is 0.106. The van der Waals surface area contributed by atoms with Crippen LogP contribution in [0.3, 0.4) is 0 Å². The Hall–Kier alpha value is -1.63. The number of nitrogens with two attached hydrogens (primary N) is 1. The van der Waals surface area contributed by atoms with Crippen molar-refractivity contribution in [2.45, 2.75) is 10.9 Å². The minimum Gasteiger partial charge on any atom is -0.398 e. The average molecular weight is 239 g/mol. The van der Waals surface area contributed by atoms with Gasteiger partial charge >= 0.3 is 0 Å². The largest absolute Gasteiger partial charge is 0.398 e. The smallest absolute Gasteiger partial charge is 0.209 e. The molecule has 2 N–H and O–H groups in total. The van der Waals surface area contributed by atoms with E-state index in [1.165, 1.54) is 22.5 Å². The third kappa shape index (κ3) is 2.13. The van der Waals surface area contributed by atoms with E-state index < -0.39 is 0 Å². The fraction of sp³-hybridized carbons (Fsp3) is 0.222. The van der Waals surface area contributed by atoms with E-state index >= 15 is 0 Å². The van der Waals surface area contributed by atoms with Crippen LogP contribution in [0.4, 0.5) is 10.1 Å². The van der Waals surface area contributed by atoms with Gasteiger partial charge in [-0.3, -0.25) is 0 Å². The molecular formula is C9H10FN5S. The maximum absolute atomic E-state index is 13.4. The molecule has 0 saturated heterocycles. The molecule has 0 aliphatic carbocycles. The minimum atomic E-state index is -0.303. The molecule has 5 nitrogen and oxygen atoms in total. The summed E-state index contributed by atoms with van der Waals surface area (Å²) in [4.78, 5) is 0. The quantitative estimate of drug-likeness (QED) is 0.644. The van der Waals surface area contributed by atoms with Crippen molar-refractivity contribution in [3.8, 4) is 0 Å². The zero-order valence-corrected chi connectivity index (χ0v) is 9.41. The number of halogens is 1. The molecule has 84 valence electrons. The average Bonchev–Trinajstić information content (AvgIpc) is 2.64. The highest BCUT2D eigenvalue weighted by molar-refractivity contribution is 7.98. The number of nitrogens with zero attached hydrogens (tertiary/aromatic N) is 4. The summed E-state index contributed by atoms with van der Waals surface area (Å²) in [6, 6.07) is 4.65. The first-order valence-electron chi connectivity index (χ1n) is 4.56. The van der Waals surface area contributed by atoms with Gasteiger partial charge in [-0.2, -0.15) is 0 Å². The van der Waals surface area contributed by atoms with E-state index in [0.717, 1.165) is 0 Å². The molecule has 16 heavy (non-hydrogen) atoms. The van der Waals surface area contributed by atoms with Crippen molar-refractivity contribution in [1.82, 2.24) is 20.2 Å². The Morgan fingerprint density at radius 1 is 1.50 bits per heavy atom. The van der Waals surface area contributed by atoms with Gasteiger partial charge in [0.25, 0.3) is 0 Å². The summed E-state index contributed by atoms with van der Waals surface area (Å²) in [5, 5.41) is 11.6. The molecule has 0 spiro atoms. The zero-order valence-electron chi connectivity index (χ0n) is 8.59. The second-order valence-corrected chi connectivity index (χ2v) is 4.12. The number of aromatic nitrogens is 4. The summed E-state index contributed by atoms with van der Waals surface area (Å²) >= 11 is 1.34. The molecule has 1 aromatic carbocycles. The van der Waals surface area contributed by atoms with Crippen molar-refractivity contribution >= 4 is 17.4 Å². The van der Waals surface area contributed by atoms with Crippen LogP contribution in [0.2, 0.25) is 0 Å². The molecule has 0 radical (unpaired) electrons. The second kappa shape index (κ2) is 4.48. The van der Waals surface area contributed by atoms with E-state index in [1.807, 2.05) is 0 Å². The summed E-state index contributed by atoms with van der Waals surface area (Å²) in [6.07, 6.45) is 0. The Balaban J connectivity index is 2.14. The van der Waals surface area contributed by atoms with Crippen molar-refractivity contribution in [1.29, 1.82) is 0 Å². The van der Waals surface area contributed by atoms with Gasteiger partial charge < -0.3 is 5.73 Å². The van der Waals surface area contributed by atoms with E-state index in [-0.39, 0.29) is 5.82 Å². The van der Waals surface area contributed by atoms with E-state index in [0.29, 0.717) is 22.2 Å². The topological polar surface area (TPSA) is 69.6 Å². The molecule has 0 unspecified atom stereocenters. The zero-order chi connectivity index (χ0) is 11.5. The first-order valence-corrected chi connectivity index (χ1v) is 5.55. The molecule has 1 aromatic heterocycles. The van der Waals surface area contributed by atoms with Gasteiger partial charge in [-0.25, -0.2) is 9.07 Å². The third-order valence-electron chi connectivity index (χ3n) is 2.08. The van der Waals surface area contributed by atoms with Crippen LogP contribution in [-0.2, 0) is 12.8 Å². The highest BCUT2D eigenvalue weighted by atomic mass is 32.2. The number of aryl methyl sites for hydroxylation is 1.